The Morgan fingerprint density at radius 2 is 1.95 bits per heavy atom. The van der Waals surface area contributed by atoms with Gasteiger partial charge in [0.15, 0.2) is 0 Å². The molecule has 0 aliphatic carbocycles. The van der Waals surface area contributed by atoms with Crippen molar-refractivity contribution in [3.63, 3.8) is 0 Å². The van der Waals surface area contributed by atoms with Crippen LogP contribution < -0.4 is 14.8 Å². The van der Waals surface area contributed by atoms with Crippen molar-refractivity contribution in [2.24, 2.45) is 0 Å². The molecule has 0 saturated heterocycles. The number of hydrogen-bond acceptors (Lipinski definition) is 4. The standard InChI is InChI=1S/C15H16BrFN2O2/c1-18-14(9-6-7-19-8-11(9)17)10-4-5-12(20-2)13(16)15(10)21-3/h4-8,14,18H,1-3H3. The van der Waals surface area contributed by atoms with Crippen LogP contribution in [-0.4, -0.2) is 26.3 Å². The van der Waals surface area contributed by atoms with Gasteiger partial charge in [0.25, 0.3) is 0 Å². The minimum atomic E-state index is -0.370. The summed E-state index contributed by atoms with van der Waals surface area (Å²) in [6, 6.07) is 4.95. The fourth-order valence-corrected chi connectivity index (χ4v) is 2.93. The van der Waals surface area contributed by atoms with Crippen LogP contribution in [0, 0.1) is 5.82 Å². The lowest BCUT2D eigenvalue weighted by Gasteiger charge is -2.22. The van der Waals surface area contributed by atoms with E-state index in [0.717, 1.165) is 5.56 Å². The molecular weight excluding hydrogens is 339 g/mol. The zero-order chi connectivity index (χ0) is 15.4. The number of ether oxygens (including phenoxy) is 2. The molecule has 0 bridgehead atoms. The van der Waals surface area contributed by atoms with Crippen LogP contribution in [0.15, 0.2) is 35.1 Å². The minimum Gasteiger partial charge on any atom is -0.495 e. The minimum absolute atomic E-state index is 0.356. The smallest absolute Gasteiger partial charge is 0.146 e. The molecule has 4 nitrogen and oxygen atoms in total. The third-order valence-electron chi connectivity index (χ3n) is 3.23. The second kappa shape index (κ2) is 6.87. The first-order chi connectivity index (χ1) is 10.1. The number of benzene rings is 1. The molecule has 2 rings (SSSR count). The van der Waals surface area contributed by atoms with E-state index < -0.39 is 0 Å². The molecule has 0 saturated carbocycles. The van der Waals surface area contributed by atoms with Gasteiger partial charge in [0, 0.05) is 17.3 Å². The number of aromatic nitrogens is 1. The molecule has 0 spiro atoms. The van der Waals surface area contributed by atoms with Crippen molar-refractivity contribution in [2.45, 2.75) is 6.04 Å². The Kier molecular flexibility index (Phi) is 5.14. The Balaban J connectivity index is 2.58. The highest BCUT2D eigenvalue weighted by Gasteiger charge is 2.23. The molecule has 0 fully saturated rings. The van der Waals surface area contributed by atoms with Gasteiger partial charge in [0.1, 0.15) is 21.8 Å². The van der Waals surface area contributed by atoms with E-state index in [1.54, 1.807) is 33.5 Å². The Bertz CT molecular complexity index is 637. The van der Waals surface area contributed by atoms with Gasteiger partial charge < -0.3 is 14.8 Å². The lowest BCUT2D eigenvalue weighted by molar-refractivity contribution is 0.383. The molecule has 1 heterocycles. The lowest BCUT2D eigenvalue weighted by Crippen LogP contribution is -2.20. The summed E-state index contributed by atoms with van der Waals surface area (Å²) in [5.74, 6) is 0.886. The van der Waals surface area contributed by atoms with Crippen LogP contribution in [0.5, 0.6) is 11.5 Å². The van der Waals surface area contributed by atoms with Crippen LogP contribution in [0.2, 0.25) is 0 Å². The predicted octanol–water partition coefficient (Wildman–Crippen LogP) is 3.31. The Morgan fingerprint density at radius 3 is 2.52 bits per heavy atom. The number of nitrogens with zero attached hydrogens (tertiary/aromatic N) is 1. The van der Waals surface area contributed by atoms with Crippen LogP contribution in [0.3, 0.4) is 0 Å². The largest absolute Gasteiger partial charge is 0.495 e. The van der Waals surface area contributed by atoms with E-state index in [1.807, 2.05) is 12.1 Å². The van der Waals surface area contributed by atoms with Gasteiger partial charge in [-0.1, -0.05) is 0 Å². The molecule has 112 valence electrons. The number of pyridine rings is 1. The Hall–Kier alpha value is -1.66. The van der Waals surface area contributed by atoms with Crippen LogP contribution in [0.25, 0.3) is 0 Å². The Labute approximate surface area is 131 Å². The van der Waals surface area contributed by atoms with Crippen molar-refractivity contribution in [1.29, 1.82) is 0 Å². The monoisotopic (exact) mass is 354 g/mol. The molecule has 0 amide bonds. The topological polar surface area (TPSA) is 43.4 Å². The first kappa shape index (κ1) is 15.7. The lowest BCUT2D eigenvalue weighted by atomic mass is 9.98. The molecule has 1 aromatic heterocycles. The van der Waals surface area contributed by atoms with Gasteiger partial charge in [-0.15, -0.1) is 0 Å². The Morgan fingerprint density at radius 1 is 1.19 bits per heavy atom. The average molecular weight is 355 g/mol. The maximum atomic E-state index is 14.0. The first-order valence-electron chi connectivity index (χ1n) is 6.31. The summed E-state index contributed by atoms with van der Waals surface area (Å²) in [5, 5.41) is 3.11. The first-order valence-corrected chi connectivity index (χ1v) is 7.10. The molecule has 1 atom stereocenters. The third-order valence-corrected chi connectivity index (χ3v) is 3.98. The fourth-order valence-electron chi connectivity index (χ4n) is 2.24. The molecular formula is C15H16BrFN2O2. The third kappa shape index (κ3) is 3.01. The number of rotatable bonds is 5. The highest BCUT2D eigenvalue weighted by molar-refractivity contribution is 9.10. The van der Waals surface area contributed by atoms with Gasteiger partial charge in [-0.3, -0.25) is 4.98 Å². The summed E-state index contributed by atoms with van der Waals surface area (Å²) in [5.41, 5.74) is 1.31. The van der Waals surface area contributed by atoms with Crippen molar-refractivity contribution in [3.05, 3.63) is 52.0 Å². The SMILES string of the molecule is CNC(c1ccncc1F)c1ccc(OC)c(Br)c1OC. The summed E-state index contributed by atoms with van der Waals surface area (Å²) in [6.07, 6.45) is 2.76. The summed E-state index contributed by atoms with van der Waals surface area (Å²) in [6.45, 7) is 0. The van der Waals surface area contributed by atoms with Gasteiger partial charge >= 0.3 is 0 Å². The van der Waals surface area contributed by atoms with Crippen LogP contribution >= 0.6 is 15.9 Å². The van der Waals surface area contributed by atoms with Crippen molar-refractivity contribution in [2.75, 3.05) is 21.3 Å². The number of nitrogens with one attached hydrogen (secondary N) is 1. The van der Waals surface area contributed by atoms with Gasteiger partial charge in [-0.2, -0.15) is 0 Å². The van der Waals surface area contributed by atoms with Gasteiger partial charge in [0.2, 0.25) is 0 Å². The van der Waals surface area contributed by atoms with Crippen molar-refractivity contribution in [1.82, 2.24) is 10.3 Å². The zero-order valence-electron chi connectivity index (χ0n) is 12.0. The van der Waals surface area contributed by atoms with E-state index in [4.69, 9.17) is 9.47 Å². The maximum Gasteiger partial charge on any atom is 0.146 e. The van der Waals surface area contributed by atoms with E-state index in [0.29, 0.717) is 21.5 Å². The number of halogens is 2. The highest BCUT2D eigenvalue weighted by Crippen LogP contribution is 2.41. The van der Waals surface area contributed by atoms with E-state index in [-0.39, 0.29) is 11.9 Å². The average Bonchev–Trinajstić information content (AvgIpc) is 2.50. The van der Waals surface area contributed by atoms with E-state index in [1.165, 1.54) is 6.20 Å². The molecule has 1 N–H and O–H groups in total. The molecule has 0 aliphatic rings. The van der Waals surface area contributed by atoms with Gasteiger partial charge in [-0.25, -0.2) is 4.39 Å². The predicted molar refractivity (Wildman–Crippen MR) is 82.3 cm³/mol. The fraction of sp³-hybridized carbons (Fsp3) is 0.267. The van der Waals surface area contributed by atoms with E-state index in [9.17, 15) is 4.39 Å². The molecule has 1 unspecified atom stereocenters. The normalized spacial score (nSPS) is 12.0. The van der Waals surface area contributed by atoms with Crippen molar-refractivity contribution in [3.8, 4) is 11.5 Å². The second-order valence-corrected chi connectivity index (χ2v) is 5.12. The summed E-state index contributed by atoms with van der Waals surface area (Å²) in [7, 11) is 4.91. The molecule has 1 aromatic carbocycles. The summed E-state index contributed by atoms with van der Waals surface area (Å²) < 4.78 is 25.4. The quantitative estimate of drug-likeness (QED) is 0.894. The van der Waals surface area contributed by atoms with E-state index >= 15 is 0 Å². The summed E-state index contributed by atoms with van der Waals surface area (Å²) in [4.78, 5) is 3.78. The molecule has 2 aromatic rings. The molecule has 6 heteroatoms. The van der Waals surface area contributed by atoms with Gasteiger partial charge in [-0.05, 0) is 41.2 Å². The molecule has 0 aliphatic heterocycles. The van der Waals surface area contributed by atoms with Crippen LogP contribution in [-0.2, 0) is 0 Å². The second-order valence-electron chi connectivity index (χ2n) is 4.32. The van der Waals surface area contributed by atoms with Crippen LogP contribution in [0.4, 0.5) is 4.39 Å². The summed E-state index contributed by atoms with van der Waals surface area (Å²) >= 11 is 3.46. The highest BCUT2D eigenvalue weighted by atomic mass is 79.9. The zero-order valence-corrected chi connectivity index (χ0v) is 13.6. The molecule has 0 radical (unpaired) electrons. The molecule has 21 heavy (non-hydrogen) atoms. The van der Waals surface area contributed by atoms with Crippen molar-refractivity contribution >= 4 is 15.9 Å². The van der Waals surface area contributed by atoms with E-state index in [2.05, 4.69) is 26.2 Å². The number of methoxy groups -OCH3 is 2. The van der Waals surface area contributed by atoms with Crippen molar-refractivity contribution < 1.29 is 13.9 Å². The maximum absolute atomic E-state index is 14.0. The van der Waals surface area contributed by atoms with Crippen LogP contribution in [0.1, 0.15) is 17.2 Å². The number of hydrogen-bond donors (Lipinski definition) is 1. The van der Waals surface area contributed by atoms with Gasteiger partial charge in [0.05, 0.1) is 26.5 Å².